The number of rotatable bonds is 7. The molecule has 1 saturated heterocycles. The van der Waals surface area contributed by atoms with E-state index in [9.17, 15) is 5.11 Å². The highest BCUT2D eigenvalue weighted by molar-refractivity contribution is 4.78. The number of aliphatic hydroxyl groups excluding tert-OH is 1. The van der Waals surface area contributed by atoms with Gasteiger partial charge in [0.2, 0.25) is 0 Å². The van der Waals surface area contributed by atoms with Gasteiger partial charge in [-0.05, 0) is 26.2 Å². The molecule has 1 heterocycles. The Hall–Kier alpha value is -0.160. The van der Waals surface area contributed by atoms with Crippen molar-refractivity contribution < 1.29 is 14.6 Å². The molecular weight excluding hydrogens is 230 g/mol. The van der Waals surface area contributed by atoms with Gasteiger partial charge in [-0.25, -0.2) is 0 Å². The highest BCUT2D eigenvalue weighted by Crippen LogP contribution is 2.16. The molecule has 1 aliphatic rings. The van der Waals surface area contributed by atoms with Crippen LogP contribution in [-0.2, 0) is 9.47 Å². The van der Waals surface area contributed by atoms with E-state index in [4.69, 9.17) is 9.47 Å². The van der Waals surface area contributed by atoms with Crippen molar-refractivity contribution in [3.05, 3.63) is 0 Å². The minimum absolute atomic E-state index is 0.177. The zero-order valence-corrected chi connectivity index (χ0v) is 12.3. The molecule has 0 spiro atoms. The molecule has 0 aliphatic carbocycles. The number of β-amino-alcohol motifs (C(OH)–C–C–N with tert-alkyl or cyclic N) is 1. The Morgan fingerprint density at radius 1 is 1.33 bits per heavy atom. The van der Waals surface area contributed by atoms with Crippen LogP contribution in [0, 0.1) is 5.92 Å². The molecule has 0 aromatic rings. The van der Waals surface area contributed by atoms with Crippen molar-refractivity contribution in [3.63, 3.8) is 0 Å². The molecule has 18 heavy (non-hydrogen) atoms. The van der Waals surface area contributed by atoms with Gasteiger partial charge in [0.1, 0.15) is 0 Å². The van der Waals surface area contributed by atoms with E-state index >= 15 is 0 Å². The third-order valence-corrected chi connectivity index (χ3v) is 3.16. The largest absolute Gasteiger partial charge is 0.389 e. The maximum absolute atomic E-state index is 9.99. The fourth-order valence-corrected chi connectivity index (χ4v) is 2.32. The van der Waals surface area contributed by atoms with E-state index in [2.05, 4.69) is 18.7 Å². The molecular formula is C14H29NO3. The third-order valence-electron chi connectivity index (χ3n) is 3.16. The van der Waals surface area contributed by atoms with Crippen LogP contribution < -0.4 is 0 Å². The first kappa shape index (κ1) is 15.9. The van der Waals surface area contributed by atoms with E-state index in [1.54, 1.807) is 0 Å². The van der Waals surface area contributed by atoms with E-state index in [0.717, 1.165) is 26.2 Å². The molecule has 0 radical (unpaired) electrons. The monoisotopic (exact) mass is 259 g/mol. The summed E-state index contributed by atoms with van der Waals surface area (Å²) in [5, 5.41) is 9.99. The van der Waals surface area contributed by atoms with Gasteiger partial charge in [0.05, 0.1) is 32.0 Å². The Bertz CT molecular complexity index is 221. The van der Waals surface area contributed by atoms with Crippen molar-refractivity contribution in [1.82, 2.24) is 4.90 Å². The van der Waals surface area contributed by atoms with E-state index in [0.29, 0.717) is 25.1 Å². The van der Waals surface area contributed by atoms with Crippen LogP contribution in [0.4, 0.5) is 0 Å². The molecule has 4 nitrogen and oxygen atoms in total. The summed E-state index contributed by atoms with van der Waals surface area (Å²) in [4.78, 5) is 2.35. The first-order chi connectivity index (χ1) is 8.49. The second kappa shape index (κ2) is 8.10. The van der Waals surface area contributed by atoms with Crippen molar-refractivity contribution >= 4 is 0 Å². The zero-order valence-electron chi connectivity index (χ0n) is 12.3. The lowest BCUT2D eigenvalue weighted by atomic mass is 10.0. The summed E-state index contributed by atoms with van der Waals surface area (Å²) in [6.45, 7) is 12.0. The SMILES string of the molecule is CC(C)CC1COCCN1CC(O)COC(C)C. The summed E-state index contributed by atoms with van der Waals surface area (Å²) in [7, 11) is 0. The number of hydrogen-bond donors (Lipinski definition) is 1. The van der Waals surface area contributed by atoms with Gasteiger partial charge in [0, 0.05) is 19.1 Å². The molecule has 108 valence electrons. The predicted molar refractivity (Wildman–Crippen MR) is 72.7 cm³/mol. The van der Waals surface area contributed by atoms with Crippen LogP contribution >= 0.6 is 0 Å². The quantitative estimate of drug-likeness (QED) is 0.753. The molecule has 0 aromatic carbocycles. The molecule has 2 unspecified atom stereocenters. The van der Waals surface area contributed by atoms with Crippen LogP contribution in [0.2, 0.25) is 0 Å². The summed E-state index contributed by atoms with van der Waals surface area (Å²) in [6.07, 6.45) is 0.897. The predicted octanol–water partition coefficient (Wildman–Crippen LogP) is 1.52. The smallest absolute Gasteiger partial charge is 0.0900 e. The van der Waals surface area contributed by atoms with Gasteiger partial charge in [-0.2, -0.15) is 0 Å². The van der Waals surface area contributed by atoms with E-state index in [1.807, 2.05) is 13.8 Å². The number of nitrogens with zero attached hydrogens (tertiary/aromatic N) is 1. The van der Waals surface area contributed by atoms with Crippen LogP contribution in [0.25, 0.3) is 0 Å². The highest BCUT2D eigenvalue weighted by atomic mass is 16.5. The minimum atomic E-state index is -0.403. The van der Waals surface area contributed by atoms with Crippen LogP contribution in [0.15, 0.2) is 0 Å². The topological polar surface area (TPSA) is 41.9 Å². The van der Waals surface area contributed by atoms with Crippen LogP contribution in [-0.4, -0.2) is 61.2 Å². The summed E-state index contributed by atoms with van der Waals surface area (Å²) in [6, 6.07) is 0.437. The number of morpholine rings is 1. The van der Waals surface area contributed by atoms with Crippen molar-refractivity contribution in [1.29, 1.82) is 0 Å². The lowest BCUT2D eigenvalue weighted by Crippen LogP contribution is -2.49. The molecule has 0 amide bonds. The molecule has 1 aliphatic heterocycles. The standard InChI is InChI=1S/C14H29NO3/c1-11(2)7-13-9-17-6-5-15(13)8-14(16)10-18-12(3)4/h11-14,16H,5-10H2,1-4H3. The second-order valence-corrected chi connectivity index (χ2v) is 5.89. The molecule has 1 N–H and O–H groups in total. The lowest BCUT2D eigenvalue weighted by Gasteiger charge is -2.37. The normalized spacial score (nSPS) is 23.8. The Labute approximate surface area is 111 Å². The number of hydrogen-bond acceptors (Lipinski definition) is 4. The number of aliphatic hydroxyl groups is 1. The average Bonchev–Trinajstić information content (AvgIpc) is 2.28. The zero-order chi connectivity index (χ0) is 13.5. The Morgan fingerprint density at radius 2 is 2.06 bits per heavy atom. The van der Waals surface area contributed by atoms with Gasteiger partial charge in [-0.1, -0.05) is 13.8 Å². The van der Waals surface area contributed by atoms with Crippen molar-refractivity contribution in [2.75, 3.05) is 32.9 Å². The fraction of sp³-hybridized carbons (Fsp3) is 1.00. The van der Waals surface area contributed by atoms with Crippen molar-refractivity contribution in [2.24, 2.45) is 5.92 Å². The van der Waals surface area contributed by atoms with Crippen molar-refractivity contribution in [3.8, 4) is 0 Å². The molecule has 0 aromatic heterocycles. The maximum atomic E-state index is 9.99. The Morgan fingerprint density at radius 3 is 2.67 bits per heavy atom. The van der Waals surface area contributed by atoms with Crippen LogP contribution in [0.1, 0.15) is 34.1 Å². The van der Waals surface area contributed by atoms with Gasteiger partial charge < -0.3 is 14.6 Å². The Balaban J connectivity index is 2.36. The molecule has 1 rings (SSSR count). The number of ether oxygens (including phenoxy) is 2. The third kappa shape index (κ3) is 6.14. The molecule has 1 fully saturated rings. The van der Waals surface area contributed by atoms with Gasteiger partial charge in [-0.3, -0.25) is 4.90 Å². The van der Waals surface area contributed by atoms with Gasteiger partial charge in [0.15, 0.2) is 0 Å². The first-order valence-corrected chi connectivity index (χ1v) is 7.10. The summed E-state index contributed by atoms with van der Waals surface area (Å²) in [5.74, 6) is 0.656. The first-order valence-electron chi connectivity index (χ1n) is 7.10. The van der Waals surface area contributed by atoms with Gasteiger partial charge >= 0.3 is 0 Å². The Kier molecular flexibility index (Phi) is 7.15. The van der Waals surface area contributed by atoms with Crippen LogP contribution in [0.5, 0.6) is 0 Å². The van der Waals surface area contributed by atoms with E-state index in [1.165, 1.54) is 0 Å². The van der Waals surface area contributed by atoms with Crippen molar-refractivity contribution in [2.45, 2.75) is 52.4 Å². The highest BCUT2D eigenvalue weighted by Gasteiger charge is 2.25. The summed E-state index contributed by atoms with van der Waals surface area (Å²) < 4.78 is 11.0. The molecule has 4 heteroatoms. The minimum Gasteiger partial charge on any atom is -0.389 e. The van der Waals surface area contributed by atoms with Gasteiger partial charge in [0.25, 0.3) is 0 Å². The summed E-state index contributed by atoms with van der Waals surface area (Å²) in [5.41, 5.74) is 0. The molecule has 0 saturated carbocycles. The summed E-state index contributed by atoms with van der Waals surface area (Å²) >= 11 is 0. The van der Waals surface area contributed by atoms with E-state index in [-0.39, 0.29) is 6.10 Å². The molecule has 0 bridgehead atoms. The molecule has 2 atom stereocenters. The average molecular weight is 259 g/mol. The fourth-order valence-electron chi connectivity index (χ4n) is 2.32. The lowest BCUT2D eigenvalue weighted by molar-refractivity contribution is -0.0541. The van der Waals surface area contributed by atoms with Gasteiger partial charge in [-0.15, -0.1) is 0 Å². The van der Waals surface area contributed by atoms with E-state index < -0.39 is 6.10 Å². The maximum Gasteiger partial charge on any atom is 0.0900 e. The second-order valence-electron chi connectivity index (χ2n) is 5.89. The van der Waals surface area contributed by atoms with Crippen LogP contribution in [0.3, 0.4) is 0 Å².